The lowest BCUT2D eigenvalue weighted by Crippen LogP contribution is -2.33. The third-order valence-electron chi connectivity index (χ3n) is 2.01. The second-order valence-corrected chi connectivity index (χ2v) is 3.83. The summed E-state index contributed by atoms with van der Waals surface area (Å²) in [5.41, 5.74) is -0.924. The van der Waals surface area contributed by atoms with E-state index < -0.39 is 22.4 Å². The van der Waals surface area contributed by atoms with Crippen LogP contribution in [0.15, 0.2) is 6.07 Å². The Morgan fingerprint density at radius 2 is 2.00 bits per heavy atom. The number of nitro benzene ring substituents is 1. The number of carbonyl (C=O) groups excluding carboxylic acids is 2. The van der Waals surface area contributed by atoms with Crippen LogP contribution in [0.5, 0.6) is 0 Å². The minimum Gasteiger partial charge on any atom is -0.315 e. The fourth-order valence-electron chi connectivity index (χ4n) is 1.31. The number of halogens is 2. The standard InChI is InChI=1S/C8H2Cl2N3O4/c9-2-1-3-5(6(4(2)10)13(16)17)12-8(15)7(14)11-3/h1H,(H,11,14). The molecule has 1 heterocycles. The summed E-state index contributed by atoms with van der Waals surface area (Å²) in [5.74, 6) is -2.11. The Bertz CT molecular complexity index is 572. The van der Waals surface area contributed by atoms with Crippen LogP contribution in [-0.2, 0) is 9.59 Å². The van der Waals surface area contributed by atoms with E-state index in [1.54, 1.807) is 0 Å². The fourth-order valence-corrected chi connectivity index (χ4v) is 1.72. The molecule has 1 N–H and O–H groups in total. The van der Waals surface area contributed by atoms with Crippen molar-refractivity contribution in [3.8, 4) is 0 Å². The van der Waals surface area contributed by atoms with Gasteiger partial charge in [-0.3, -0.25) is 19.7 Å². The van der Waals surface area contributed by atoms with Crippen LogP contribution in [0.4, 0.5) is 17.1 Å². The van der Waals surface area contributed by atoms with Crippen molar-refractivity contribution in [3.05, 3.63) is 26.2 Å². The van der Waals surface area contributed by atoms with Crippen molar-refractivity contribution in [1.82, 2.24) is 5.32 Å². The van der Waals surface area contributed by atoms with Crippen molar-refractivity contribution in [3.63, 3.8) is 0 Å². The lowest BCUT2D eigenvalue weighted by atomic mass is 10.2. The first-order chi connectivity index (χ1) is 7.91. The zero-order valence-electron chi connectivity index (χ0n) is 7.86. The SMILES string of the molecule is O=C1[N]c2c(cc(Cl)c(Cl)c2[N+](=O)[O-])NC1=O. The van der Waals surface area contributed by atoms with E-state index in [4.69, 9.17) is 23.2 Å². The zero-order valence-corrected chi connectivity index (χ0v) is 9.37. The number of nitro groups is 1. The normalized spacial score (nSPS) is 13.8. The zero-order chi connectivity index (χ0) is 12.7. The van der Waals surface area contributed by atoms with Gasteiger partial charge in [0, 0.05) is 0 Å². The highest BCUT2D eigenvalue weighted by Crippen LogP contribution is 2.44. The Balaban J connectivity index is 2.72. The lowest BCUT2D eigenvalue weighted by molar-refractivity contribution is -0.384. The molecule has 0 spiro atoms. The fraction of sp³-hybridized carbons (Fsp3) is 0. The molecule has 1 aromatic carbocycles. The molecule has 0 aliphatic carbocycles. The van der Waals surface area contributed by atoms with Gasteiger partial charge in [-0.2, -0.15) is 5.32 Å². The van der Waals surface area contributed by atoms with Crippen LogP contribution in [0.3, 0.4) is 0 Å². The third-order valence-corrected chi connectivity index (χ3v) is 2.78. The maximum Gasteiger partial charge on any atom is 0.336 e. The van der Waals surface area contributed by atoms with Crippen molar-refractivity contribution in [1.29, 1.82) is 0 Å². The number of amides is 2. The smallest absolute Gasteiger partial charge is 0.315 e. The topological polar surface area (TPSA) is 103 Å². The molecule has 0 unspecified atom stereocenters. The number of carbonyl (C=O) groups is 2. The predicted molar refractivity (Wildman–Crippen MR) is 58.5 cm³/mol. The molecule has 87 valence electrons. The largest absolute Gasteiger partial charge is 0.336 e. The van der Waals surface area contributed by atoms with E-state index in [0.29, 0.717) is 0 Å². The average Bonchev–Trinajstić information content (AvgIpc) is 2.23. The summed E-state index contributed by atoms with van der Waals surface area (Å²) in [6.07, 6.45) is 0. The van der Waals surface area contributed by atoms with Crippen LogP contribution in [0.2, 0.25) is 10.0 Å². The Morgan fingerprint density at radius 1 is 1.35 bits per heavy atom. The van der Waals surface area contributed by atoms with E-state index in [2.05, 4.69) is 10.6 Å². The van der Waals surface area contributed by atoms with Gasteiger partial charge < -0.3 is 5.32 Å². The third kappa shape index (κ3) is 1.79. The number of nitrogens with one attached hydrogen (secondary N) is 1. The average molecular weight is 275 g/mol. The first kappa shape index (κ1) is 11.6. The van der Waals surface area contributed by atoms with Crippen molar-refractivity contribution in [2.45, 2.75) is 0 Å². The Labute approximate surface area is 104 Å². The molecular formula is C8H2Cl2N3O4. The minimum atomic E-state index is -1.13. The van der Waals surface area contributed by atoms with Gasteiger partial charge in [0.25, 0.3) is 0 Å². The quantitative estimate of drug-likeness (QED) is 0.477. The van der Waals surface area contributed by atoms with Crippen molar-refractivity contribution in [2.75, 3.05) is 5.32 Å². The minimum absolute atomic E-state index is 0.0179. The molecule has 0 atom stereocenters. The maximum atomic E-state index is 11.1. The molecule has 0 aromatic heterocycles. The molecule has 7 nitrogen and oxygen atoms in total. The van der Waals surface area contributed by atoms with E-state index in [9.17, 15) is 19.7 Å². The molecule has 2 rings (SSSR count). The van der Waals surface area contributed by atoms with E-state index in [1.807, 2.05) is 0 Å². The molecule has 0 bridgehead atoms. The highest BCUT2D eigenvalue weighted by molar-refractivity contribution is 6.46. The van der Waals surface area contributed by atoms with E-state index in [-0.39, 0.29) is 21.4 Å². The second kappa shape index (κ2) is 3.86. The molecule has 2 amide bonds. The molecule has 9 heteroatoms. The molecule has 1 aliphatic heterocycles. The number of hydrogen-bond donors (Lipinski definition) is 1. The summed E-state index contributed by atoms with van der Waals surface area (Å²) in [6, 6.07) is 1.19. The highest BCUT2D eigenvalue weighted by atomic mass is 35.5. The molecule has 0 saturated carbocycles. The van der Waals surface area contributed by atoms with Crippen molar-refractivity contribution >= 4 is 52.1 Å². The van der Waals surface area contributed by atoms with Crippen LogP contribution in [-0.4, -0.2) is 16.7 Å². The molecule has 17 heavy (non-hydrogen) atoms. The van der Waals surface area contributed by atoms with Crippen LogP contribution in [0, 0.1) is 10.1 Å². The van der Waals surface area contributed by atoms with Gasteiger partial charge in [0.2, 0.25) is 0 Å². The molecular weight excluding hydrogens is 273 g/mol. The van der Waals surface area contributed by atoms with Gasteiger partial charge in [-0.15, -0.1) is 0 Å². The first-order valence-electron chi connectivity index (χ1n) is 4.15. The number of benzene rings is 1. The molecule has 0 fully saturated rings. The van der Waals surface area contributed by atoms with E-state index in [1.165, 1.54) is 6.07 Å². The first-order valence-corrected chi connectivity index (χ1v) is 4.91. The molecule has 0 saturated heterocycles. The summed E-state index contributed by atoms with van der Waals surface area (Å²) in [5, 5.41) is 15.8. The van der Waals surface area contributed by atoms with E-state index in [0.717, 1.165) is 0 Å². The van der Waals surface area contributed by atoms with Gasteiger partial charge in [0.15, 0.2) is 5.69 Å². The van der Waals surface area contributed by atoms with Gasteiger partial charge in [-0.05, 0) is 6.07 Å². The predicted octanol–water partition coefficient (Wildman–Crippen LogP) is 1.62. The number of nitrogens with zero attached hydrogens (tertiary/aromatic N) is 2. The van der Waals surface area contributed by atoms with Crippen LogP contribution in [0.25, 0.3) is 0 Å². The Kier molecular flexibility index (Phi) is 2.64. The highest BCUT2D eigenvalue weighted by Gasteiger charge is 2.34. The van der Waals surface area contributed by atoms with Crippen LogP contribution in [0.1, 0.15) is 0 Å². The summed E-state index contributed by atoms with van der Waals surface area (Å²) < 4.78 is 0. The molecule has 1 radical (unpaired) electrons. The summed E-state index contributed by atoms with van der Waals surface area (Å²) in [7, 11) is 0. The Hall–Kier alpha value is -1.86. The van der Waals surface area contributed by atoms with Gasteiger partial charge >= 0.3 is 17.5 Å². The number of hydrogen-bond acceptors (Lipinski definition) is 4. The molecule has 1 aromatic rings. The van der Waals surface area contributed by atoms with Gasteiger partial charge in [0.05, 0.1) is 15.6 Å². The van der Waals surface area contributed by atoms with Gasteiger partial charge in [0.1, 0.15) is 5.02 Å². The second-order valence-electron chi connectivity index (χ2n) is 3.05. The lowest BCUT2D eigenvalue weighted by Gasteiger charge is -2.15. The van der Waals surface area contributed by atoms with Crippen LogP contribution >= 0.6 is 23.2 Å². The number of rotatable bonds is 1. The summed E-state index contributed by atoms with van der Waals surface area (Å²) >= 11 is 11.3. The van der Waals surface area contributed by atoms with Gasteiger partial charge in [-0.25, -0.2) is 0 Å². The van der Waals surface area contributed by atoms with Gasteiger partial charge in [-0.1, -0.05) is 23.2 Å². The summed E-state index contributed by atoms with van der Waals surface area (Å²) in [6.45, 7) is 0. The molecule has 1 aliphatic rings. The monoisotopic (exact) mass is 274 g/mol. The van der Waals surface area contributed by atoms with Crippen molar-refractivity contribution in [2.24, 2.45) is 0 Å². The summed E-state index contributed by atoms with van der Waals surface area (Å²) in [4.78, 5) is 32.1. The maximum absolute atomic E-state index is 11.1. The van der Waals surface area contributed by atoms with Crippen molar-refractivity contribution < 1.29 is 14.5 Å². The number of fused-ring (bicyclic) bond motifs is 1. The number of anilines is 1. The Morgan fingerprint density at radius 3 is 2.59 bits per heavy atom. The van der Waals surface area contributed by atoms with E-state index >= 15 is 0 Å². The van der Waals surface area contributed by atoms with Crippen LogP contribution < -0.4 is 10.6 Å².